The van der Waals surface area contributed by atoms with Gasteiger partial charge in [-0.2, -0.15) is 0 Å². The zero-order valence-electron chi connectivity index (χ0n) is 11.1. The van der Waals surface area contributed by atoms with E-state index in [1.54, 1.807) is 18.5 Å². The Bertz CT molecular complexity index is 634. The molecule has 0 aliphatic rings. The Kier molecular flexibility index (Phi) is 3.84. The molecule has 5 nitrogen and oxygen atoms in total. The van der Waals surface area contributed by atoms with Crippen molar-refractivity contribution in [3.8, 4) is 0 Å². The molecule has 1 unspecified atom stereocenters. The maximum Gasteiger partial charge on any atom is 0.360 e. The molecule has 0 spiro atoms. The van der Waals surface area contributed by atoms with E-state index in [0.29, 0.717) is 4.90 Å². The fourth-order valence-electron chi connectivity index (χ4n) is 2.16. The highest BCUT2D eigenvalue weighted by Gasteiger charge is 2.29. The Morgan fingerprint density at radius 1 is 1.53 bits per heavy atom. The van der Waals surface area contributed by atoms with E-state index in [4.69, 9.17) is 9.88 Å². The third-order valence-corrected chi connectivity index (χ3v) is 3.79. The van der Waals surface area contributed by atoms with Gasteiger partial charge in [-0.1, -0.05) is 11.6 Å². The molecule has 102 valence electrons. The summed E-state index contributed by atoms with van der Waals surface area (Å²) in [5, 5.41) is 6.26. The standard InChI is InChI=1S/C13H16N2O3S/c1-4-18-13(16)11-12(19(14)17)9-7-8(2)5-6-10(9)15(11)3/h5-7H,4,14H2,1-3H3. The van der Waals surface area contributed by atoms with Crippen LogP contribution in [0.3, 0.4) is 0 Å². The molecule has 2 N–H and O–H groups in total. The Morgan fingerprint density at radius 3 is 2.79 bits per heavy atom. The minimum absolute atomic E-state index is 0.253. The van der Waals surface area contributed by atoms with Crippen molar-refractivity contribution in [1.29, 1.82) is 0 Å². The monoisotopic (exact) mass is 280 g/mol. The smallest absolute Gasteiger partial charge is 0.360 e. The molecule has 0 bridgehead atoms. The molecule has 0 aliphatic heterocycles. The first-order valence-corrected chi connectivity index (χ1v) is 7.11. The van der Waals surface area contributed by atoms with Crippen LogP contribution in [0.15, 0.2) is 23.1 Å². The molecule has 0 radical (unpaired) electrons. The highest BCUT2D eigenvalue weighted by atomic mass is 32.2. The average molecular weight is 280 g/mol. The molecule has 6 heteroatoms. The van der Waals surface area contributed by atoms with Crippen LogP contribution in [0.2, 0.25) is 0 Å². The molecule has 2 aromatic rings. The lowest BCUT2D eigenvalue weighted by Gasteiger charge is -2.06. The number of hydrogen-bond donors (Lipinski definition) is 1. The number of ether oxygens (including phenoxy) is 1. The zero-order chi connectivity index (χ0) is 14.2. The second-order valence-electron chi connectivity index (χ2n) is 4.28. The van der Waals surface area contributed by atoms with Crippen LogP contribution in [0.25, 0.3) is 10.9 Å². The van der Waals surface area contributed by atoms with E-state index < -0.39 is 17.3 Å². The van der Waals surface area contributed by atoms with Crippen LogP contribution < -0.4 is 5.14 Å². The molecular formula is C13H16N2O3S. The first kappa shape index (κ1) is 13.9. The minimum atomic E-state index is -1.75. The fourth-order valence-corrected chi connectivity index (χ4v) is 2.95. The number of esters is 1. The number of aryl methyl sites for hydroxylation is 2. The van der Waals surface area contributed by atoms with Crippen LogP contribution in [0, 0.1) is 6.92 Å². The molecule has 0 saturated heterocycles. The predicted molar refractivity (Wildman–Crippen MR) is 74.2 cm³/mol. The van der Waals surface area contributed by atoms with Crippen LogP contribution in [-0.2, 0) is 23.1 Å². The zero-order valence-corrected chi connectivity index (χ0v) is 11.9. The van der Waals surface area contributed by atoms with Gasteiger partial charge in [-0.05, 0) is 26.0 Å². The summed E-state index contributed by atoms with van der Waals surface area (Å²) in [5.41, 5.74) is 2.07. The number of benzene rings is 1. The highest BCUT2D eigenvalue weighted by molar-refractivity contribution is 7.89. The van der Waals surface area contributed by atoms with Gasteiger partial charge in [0.2, 0.25) is 4.90 Å². The summed E-state index contributed by atoms with van der Waals surface area (Å²) < 4.78 is 18.5. The van der Waals surface area contributed by atoms with Gasteiger partial charge in [0, 0.05) is 7.05 Å². The van der Waals surface area contributed by atoms with E-state index in [1.165, 1.54) is 0 Å². The van der Waals surface area contributed by atoms with Gasteiger partial charge in [-0.15, -0.1) is 5.14 Å². The quantitative estimate of drug-likeness (QED) is 0.684. The van der Waals surface area contributed by atoms with Crippen molar-refractivity contribution in [1.82, 2.24) is 4.57 Å². The van der Waals surface area contributed by atoms with Gasteiger partial charge < -0.3 is 13.9 Å². The second kappa shape index (κ2) is 5.24. The van der Waals surface area contributed by atoms with Crippen molar-refractivity contribution < 1.29 is 14.1 Å². The van der Waals surface area contributed by atoms with Crippen LogP contribution in [-0.4, -0.2) is 21.7 Å². The third-order valence-electron chi connectivity index (χ3n) is 2.98. The number of hydrogen-bond acceptors (Lipinski definition) is 4. The van der Waals surface area contributed by atoms with Crippen molar-refractivity contribution in [2.75, 3.05) is 6.61 Å². The van der Waals surface area contributed by atoms with E-state index in [0.717, 1.165) is 16.5 Å². The van der Waals surface area contributed by atoms with Crippen molar-refractivity contribution in [3.63, 3.8) is 0 Å². The maximum atomic E-state index is 12.0. The summed E-state index contributed by atoms with van der Waals surface area (Å²) in [6.45, 7) is 3.92. The summed E-state index contributed by atoms with van der Waals surface area (Å²) in [5.74, 6) is -0.507. The SMILES string of the molecule is CCOC(=O)c1c([S+](N)[O-])c2cc(C)ccc2n1C. The van der Waals surface area contributed by atoms with E-state index in [-0.39, 0.29) is 12.3 Å². The molecule has 0 saturated carbocycles. The molecule has 1 atom stereocenters. The summed E-state index contributed by atoms with van der Waals surface area (Å²) >= 11 is -1.75. The number of aromatic nitrogens is 1. The molecule has 0 fully saturated rings. The van der Waals surface area contributed by atoms with Gasteiger partial charge in [-0.25, -0.2) is 4.79 Å². The van der Waals surface area contributed by atoms with Crippen LogP contribution in [0.4, 0.5) is 0 Å². The van der Waals surface area contributed by atoms with Gasteiger partial charge in [0.15, 0.2) is 5.69 Å². The summed E-state index contributed by atoms with van der Waals surface area (Å²) in [6, 6.07) is 5.68. The molecule has 1 aromatic heterocycles. The fraction of sp³-hybridized carbons (Fsp3) is 0.308. The number of carbonyl (C=O) groups excluding carboxylic acids is 1. The van der Waals surface area contributed by atoms with Gasteiger partial charge in [0.1, 0.15) is 0 Å². The highest BCUT2D eigenvalue weighted by Crippen LogP contribution is 2.30. The number of rotatable bonds is 3. The number of carbonyl (C=O) groups is 1. The minimum Gasteiger partial charge on any atom is -0.593 e. The third kappa shape index (κ3) is 2.34. The van der Waals surface area contributed by atoms with Gasteiger partial charge in [0.05, 0.1) is 28.9 Å². The maximum absolute atomic E-state index is 12.0. The normalized spacial score (nSPS) is 12.7. The number of nitrogens with two attached hydrogens (primary N) is 1. The Hall–Kier alpha value is -1.50. The largest absolute Gasteiger partial charge is 0.593 e. The lowest BCUT2D eigenvalue weighted by molar-refractivity contribution is 0.0511. The summed E-state index contributed by atoms with van der Waals surface area (Å²) in [7, 11) is 1.74. The topological polar surface area (TPSA) is 80.3 Å². The van der Waals surface area contributed by atoms with E-state index in [9.17, 15) is 9.35 Å². The Balaban J connectivity index is 2.78. The lowest BCUT2D eigenvalue weighted by atomic mass is 10.2. The van der Waals surface area contributed by atoms with Crippen LogP contribution >= 0.6 is 0 Å². The summed E-state index contributed by atoms with van der Waals surface area (Å²) in [4.78, 5) is 12.3. The van der Waals surface area contributed by atoms with Gasteiger partial charge in [0.25, 0.3) is 0 Å². The van der Waals surface area contributed by atoms with Crippen molar-refractivity contribution in [2.24, 2.45) is 12.2 Å². The van der Waals surface area contributed by atoms with Crippen molar-refractivity contribution in [2.45, 2.75) is 18.7 Å². The molecule has 1 aromatic carbocycles. The molecule has 1 heterocycles. The second-order valence-corrected chi connectivity index (χ2v) is 5.28. The van der Waals surface area contributed by atoms with Gasteiger partial charge in [-0.3, -0.25) is 0 Å². The molecule has 2 rings (SSSR count). The van der Waals surface area contributed by atoms with Crippen molar-refractivity contribution in [3.05, 3.63) is 29.5 Å². The first-order valence-electron chi connectivity index (χ1n) is 5.89. The van der Waals surface area contributed by atoms with Crippen LogP contribution in [0.1, 0.15) is 23.0 Å². The lowest BCUT2D eigenvalue weighted by Crippen LogP contribution is -2.19. The van der Waals surface area contributed by atoms with Gasteiger partial charge >= 0.3 is 5.97 Å². The van der Waals surface area contributed by atoms with Crippen LogP contribution in [0.5, 0.6) is 0 Å². The molecule has 19 heavy (non-hydrogen) atoms. The van der Waals surface area contributed by atoms with E-state index >= 15 is 0 Å². The number of nitrogens with zero attached hydrogens (tertiary/aromatic N) is 1. The molecule has 0 amide bonds. The van der Waals surface area contributed by atoms with E-state index in [2.05, 4.69) is 0 Å². The Morgan fingerprint density at radius 2 is 2.21 bits per heavy atom. The number of fused-ring (bicyclic) bond motifs is 1. The molecule has 0 aliphatic carbocycles. The van der Waals surface area contributed by atoms with Crippen molar-refractivity contribution >= 4 is 28.2 Å². The molecular weight excluding hydrogens is 264 g/mol. The predicted octanol–water partition coefficient (Wildman–Crippen LogP) is 1.64. The average Bonchev–Trinajstić information content (AvgIpc) is 2.62. The summed E-state index contributed by atoms with van der Waals surface area (Å²) in [6.07, 6.45) is 0. The first-order chi connectivity index (χ1) is 8.97. The Labute approximate surface area is 114 Å². The van der Waals surface area contributed by atoms with E-state index in [1.807, 2.05) is 25.1 Å².